The average Bonchev–Trinajstić information content (AvgIpc) is 2.53. The molecule has 0 aliphatic carbocycles. The summed E-state index contributed by atoms with van der Waals surface area (Å²) in [6.07, 6.45) is 0.983. The third-order valence-electron chi connectivity index (χ3n) is 3.33. The number of aliphatic hydroxyl groups is 1. The Morgan fingerprint density at radius 1 is 1.00 bits per heavy atom. The van der Waals surface area contributed by atoms with Crippen LogP contribution in [0.25, 0.3) is 0 Å². The zero-order valence-corrected chi connectivity index (χ0v) is 12.5. The van der Waals surface area contributed by atoms with Crippen LogP contribution in [0.15, 0.2) is 48.5 Å². The first-order valence-electron chi connectivity index (χ1n) is 7.43. The summed E-state index contributed by atoms with van der Waals surface area (Å²) in [5, 5.41) is 12.4. The van der Waals surface area contributed by atoms with E-state index in [-0.39, 0.29) is 6.61 Å². The SMILES string of the molecule is CCOc1cccc(CNCCc2ccc(CO)cc2)c1. The van der Waals surface area contributed by atoms with Gasteiger partial charge < -0.3 is 15.2 Å². The molecular formula is C18H23NO2. The van der Waals surface area contributed by atoms with E-state index in [1.807, 2.05) is 31.2 Å². The lowest BCUT2D eigenvalue weighted by molar-refractivity contribution is 0.282. The molecule has 0 heterocycles. The lowest BCUT2D eigenvalue weighted by Crippen LogP contribution is -2.16. The Balaban J connectivity index is 1.74. The Bertz CT molecular complexity index is 537. The summed E-state index contributed by atoms with van der Waals surface area (Å²) in [5.74, 6) is 0.927. The summed E-state index contributed by atoms with van der Waals surface area (Å²) in [4.78, 5) is 0. The number of nitrogens with one attached hydrogen (secondary N) is 1. The molecule has 2 aromatic rings. The topological polar surface area (TPSA) is 41.5 Å². The smallest absolute Gasteiger partial charge is 0.119 e. The van der Waals surface area contributed by atoms with Crippen molar-refractivity contribution in [1.29, 1.82) is 0 Å². The summed E-state index contributed by atoms with van der Waals surface area (Å²) >= 11 is 0. The first-order valence-corrected chi connectivity index (χ1v) is 7.43. The molecule has 0 bridgehead atoms. The van der Waals surface area contributed by atoms with Crippen LogP contribution < -0.4 is 10.1 Å². The van der Waals surface area contributed by atoms with Gasteiger partial charge in [-0.2, -0.15) is 0 Å². The first kappa shape index (κ1) is 15.5. The largest absolute Gasteiger partial charge is 0.494 e. The van der Waals surface area contributed by atoms with E-state index in [4.69, 9.17) is 9.84 Å². The number of benzene rings is 2. The Morgan fingerprint density at radius 2 is 1.76 bits per heavy atom. The maximum absolute atomic E-state index is 9.01. The minimum absolute atomic E-state index is 0.106. The van der Waals surface area contributed by atoms with E-state index in [9.17, 15) is 0 Å². The lowest BCUT2D eigenvalue weighted by Gasteiger charge is -2.08. The van der Waals surface area contributed by atoms with Gasteiger partial charge in [0.2, 0.25) is 0 Å². The zero-order chi connectivity index (χ0) is 14.9. The highest BCUT2D eigenvalue weighted by molar-refractivity contribution is 5.28. The van der Waals surface area contributed by atoms with Crippen LogP contribution in [0.5, 0.6) is 5.75 Å². The molecule has 0 aliphatic rings. The van der Waals surface area contributed by atoms with Crippen molar-refractivity contribution in [3.8, 4) is 5.75 Å². The minimum Gasteiger partial charge on any atom is -0.494 e. The van der Waals surface area contributed by atoms with E-state index >= 15 is 0 Å². The molecule has 112 valence electrons. The molecule has 2 N–H and O–H groups in total. The molecule has 0 saturated carbocycles. The fraction of sp³-hybridized carbons (Fsp3) is 0.333. The molecule has 0 spiro atoms. The Morgan fingerprint density at radius 3 is 2.48 bits per heavy atom. The van der Waals surface area contributed by atoms with E-state index in [2.05, 4.69) is 29.6 Å². The van der Waals surface area contributed by atoms with E-state index in [0.29, 0.717) is 6.61 Å². The molecule has 0 saturated heterocycles. The van der Waals surface area contributed by atoms with Crippen LogP contribution in [0.3, 0.4) is 0 Å². The summed E-state index contributed by atoms with van der Waals surface area (Å²) < 4.78 is 5.50. The maximum atomic E-state index is 9.01. The van der Waals surface area contributed by atoms with E-state index < -0.39 is 0 Å². The van der Waals surface area contributed by atoms with Gasteiger partial charge in [-0.3, -0.25) is 0 Å². The fourth-order valence-corrected chi connectivity index (χ4v) is 2.19. The Hall–Kier alpha value is -1.84. The van der Waals surface area contributed by atoms with E-state index in [1.165, 1.54) is 11.1 Å². The van der Waals surface area contributed by atoms with Crippen LogP contribution in [0, 0.1) is 0 Å². The normalized spacial score (nSPS) is 10.6. The van der Waals surface area contributed by atoms with Crippen LogP contribution in [0.1, 0.15) is 23.6 Å². The minimum atomic E-state index is 0.106. The molecule has 3 heteroatoms. The summed E-state index contributed by atoms with van der Waals surface area (Å²) in [5.41, 5.74) is 3.47. The van der Waals surface area contributed by atoms with Crippen LogP contribution in [0.4, 0.5) is 0 Å². The van der Waals surface area contributed by atoms with Crippen molar-refractivity contribution in [2.24, 2.45) is 0 Å². The summed E-state index contributed by atoms with van der Waals surface area (Å²) in [6.45, 7) is 4.56. The fourth-order valence-electron chi connectivity index (χ4n) is 2.19. The molecule has 0 radical (unpaired) electrons. The number of aliphatic hydroxyl groups excluding tert-OH is 1. The quantitative estimate of drug-likeness (QED) is 0.733. The van der Waals surface area contributed by atoms with Gasteiger partial charge in [-0.05, 0) is 48.7 Å². The zero-order valence-electron chi connectivity index (χ0n) is 12.5. The molecule has 2 rings (SSSR count). The van der Waals surface area contributed by atoms with Gasteiger partial charge in [0.15, 0.2) is 0 Å². The van der Waals surface area contributed by atoms with E-state index in [0.717, 1.165) is 30.8 Å². The number of ether oxygens (including phenoxy) is 1. The van der Waals surface area contributed by atoms with Gasteiger partial charge in [0.25, 0.3) is 0 Å². The summed E-state index contributed by atoms with van der Waals surface area (Å²) in [7, 11) is 0. The number of rotatable bonds is 8. The highest BCUT2D eigenvalue weighted by atomic mass is 16.5. The van der Waals surface area contributed by atoms with Gasteiger partial charge in [-0.15, -0.1) is 0 Å². The highest BCUT2D eigenvalue weighted by Crippen LogP contribution is 2.13. The van der Waals surface area contributed by atoms with Gasteiger partial charge in [-0.1, -0.05) is 36.4 Å². The second-order valence-corrected chi connectivity index (χ2v) is 4.98. The second-order valence-electron chi connectivity index (χ2n) is 4.98. The summed E-state index contributed by atoms with van der Waals surface area (Å²) in [6, 6.07) is 16.3. The first-order chi connectivity index (χ1) is 10.3. The molecule has 21 heavy (non-hydrogen) atoms. The monoisotopic (exact) mass is 285 g/mol. The molecule has 3 nitrogen and oxygen atoms in total. The Labute approximate surface area is 126 Å². The van der Waals surface area contributed by atoms with Crippen molar-refractivity contribution >= 4 is 0 Å². The second kappa shape index (κ2) is 8.45. The van der Waals surface area contributed by atoms with Crippen molar-refractivity contribution in [3.05, 3.63) is 65.2 Å². The third kappa shape index (κ3) is 5.21. The van der Waals surface area contributed by atoms with Gasteiger partial charge >= 0.3 is 0 Å². The van der Waals surface area contributed by atoms with Crippen molar-refractivity contribution in [2.75, 3.05) is 13.2 Å². The van der Waals surface area contributed by atoms with Gasteiger partial charge in [0.1, 0.15) is 5.75 Å². The van der Waals surface area contributed by atoms with Gasteiger partial charge in [0, 0.05) is 6.54 Å². The van der Waals surface area contributed by atoms with Crippen LogP contribution in [-0.2, 0) is 19.6 Å². The predicted octanol–water partition coefficient (Wildman–Crippen LogP) is 2.91. The van der Waals surface area contributed by atoms with Gasteiger partial charge in [0.05, 0.1) is 13.2 Å². The van der Waals surface area contributed by atoms with Crippen LogP contribution in [-0.4, -0.2) is 18.3 Å². The predicted molar refractivity (Wildman–Crippen MR) is 85.4 cm³/mol. The van der Waals surface area contributed by atoms with Crippen LogP contribution in [0.2, 0.25) is 0 Å². The maximum Gasteiger partial charge on any atom is 0.119 e. The molecule has 0 amide bonds. The van der Waals surface area contributed by atoms with Gasteiger partial charge in [-0.25, -0.2) is 0 Å². The molecule has 0 atom stereocenters. The van der Waals surface area contributed by atoms with Crippen molar-refractivity contribution < 1.29 is 9.84 Å². The van der Waals surface area contributed by atoms with Crippen molar-refractivity contribution in [1.82, 2.24) is 5.32 Å². The molecule has 0 fully saturated rings. The standard InChI is InChI=1S/C18H23NO2/c1-2-21-18-5-3-4-17(12-18)13-19-11-10-15-6-8-16(14-20)9-7-15/h3-9,12,19-20H,2,10-11,13-14H2,1H3. The molecule has 2 aromatic carbocycles. The van der Waals surface area contributed by atoms with Crippen molar-refractivity contribution in [2.45, 2.75) is 26.5 Å². The molecular weight excluding hydrogens is 262 g/mol. The molecule has 0 aromatic heterocycles. The van der Waals surface area contributed by atoms with Crippen molar-refractivity contribution in [3.63, 3.8) is 0 Å². The highest BCUT2D eigenvalue weighted by Gasteiger charge is 1.97. The third-order valence-corrected chi connectivity index (χ3v) is 3.33. The van der Waals surface area contributed by atoms with E-state index in [1.54, 1.807) is 0 Å². The molecule has 0 aliphatic heterocycles. The lowest BCUT2D eigenvalue weighted by atomic mass is 10.1. The average molecular weight is 285 g/mol. The number of hydrogen-bond acceptors (Lipinski definition) is 3. The van der Waals surface area contributed by atoms with Crippen LogP contribution >= 0.6 is 0 Å². The number of hydrogen-bond donors (Lipinski definition) is 2. The molecule has 0 unspecified atom stereocenters. The Kier molecular flexibility index (Phi) is 6.25.